The van der Waals surface area contributed by atoms with Crippen LogP contribution in [0.15, 0.2) is 53.1 Å². The molecule has 2 aromatic carbocycles. The summed E-state index contributed by atoms with van der Waals surface area (Å²) in [5.41, 5.74) is 1.93. The topological polar surface area (TPSA) is 95.1 Å². The number of nitrogens with zero attached hydrogens (tertiary/aromatic N) is 4. The van der Waals surface area contributed by atoms with Gasteiger partial charge in [-0.3, -0.25) is 0 Å². The van der Waals surface area contributed by atoms with E-state index in [1.54, 1.807) is 41.3 Å². The Morgan fingerprint density at radius 3 is 2.76 bits per heavy atom. The zero-order valence-electron chi connectivity index (χ0n) is 15.5. The molecule has 29 heavy (non-hydrogen) atoms. The molecule has 1 aromatic heterocycles. The van der Waals surface area contributed by atoms with E-state index in [-0.39, 0.29) is 11.9 Å². The molecular weight excluding hydrogens is 390 g/mol. The zero-order chi connectivity index (χ0) is 20.2. The number of aromatic nitrogens is 2. The maximum Gasteiger partial charge on any atom is 0.321 e. The van der Waals surface area contributed by atoms with E-state index in [1.165, 1.54) is 0 Å². The van der Waals surface area contributed by atoms with Crippen LogP contribution in [0.3, 0.4) is 0 Å². The fraction of sp³-hybridized carbons (Fsp3) is 0.238. The Labute approximate surface area is 172 Å². The number of carbonyl (C=O) groups is 1. The molecule has 0 saturated carbocycles. The van der Waals surface area contributed by atoms with E-state index in [4.69, 9.17) is 21.4 Å². The predicted octanol–water partition coefficient (Wildman–Crippen LogP) is 4.67. The fourth-order valence-corrected chi connectivity index (χ4v) is 3.53. The summed E-state index contributed by atoms with van der Waals surface area (Å²) >= 11 is 6.03. The van der Waals surface area contributed by atoms with Gasteiger partial charge in [0.2, 0.25) is 11.7 Å². The van der Waals surface area contributed by atoms with Crippen LogP contribution < -0.4 is 5.32 Å². The minimum absolute atomic E-state index is 0.112. The molecule has 146 valence electrons. The van der Waals surface area contributed by atoms with Crippen LogP contribution in [0.25, 0.3) is 11.4 Å². The van der Waals surface area contributed by atoms with E-state index in [0.717, 1.165) is 18.4 Å². The number of rotatable bonds is 3. The number of amides is 2. The average molecular weight is 408 g/mol. The van der Waals surface area contributed by atoms with Crippen molar-refractivity contribution in [2.75, 3.05) is 18.4 Å². The van der Waals surface area contributed by atoms with Gasteiger partial charge in [0.15, 0.2) is 0 Å². The molecule has 0 bridgehead atoms. The third kappa shape index (κ3) is 4.39. The van der Waals surface area contributed by atoms with E-state index in [2.05, 4.69) is 21.5 Å². The lowest BCUT2D eigenvalue weighted by atomic mass is 9.97. The van der Waals surface area contributed by atoms with Gasteiger partial charge in [-0.2, -0.15) is 10.2 Å². The molecule has 0 aliphatic carbocycles. The van der Waals surface area contributed by atoms with Gasteiger partial charge in [0.1, 0.15) is 0 Å². The number of benzene rings is 2. The van der Waals surface area contributed by atoms with Crippen LogP contribution in [0.4, 0.5) is 10.5 Å². The second-order valence-corrected chi connectivity index (χ2v) is 7.29. The van der Waals surface area contributed by atoms with E-state index in [1.807, 2.05) is 12.1 Å². The molecule has 0 spiro atoms. The van der Waals surface area contributed by atoms with Crippen molar-refractivity contribution in [3.8, 4) is 17.5 Å². The van der Waals surface area contributed by atoms with Gasteiger partial charge in [0.25, 0.3) is 0 Å². The first kappa shape index (κ1) is 19.0. The van der Waals surface area contributed by atoms with Crippen molar-refractivity contribution < 1.29 is 9.32 Å². The largest absolute Gasteiger partial charge is 0.339 e. The van der Waals surface area contributed by atoms with E-state index in [0.29, 0.717) is 41.1 Å². The second kappa shape index (κ2) is 8.33. The summed E-state index contributed by atoms with van der Waals surface area (Å²) in [5.74, 6) is 1.21. The smallest absolute Gasteiger partial charge is 0.321 e. The van der Waals surface area contributed by atoms with Crippen molar-refractivity contribution in [1.29, 1.82) is 5.26 Å². The summed E-state index contributed by atoms with van der Waals surface area (Å²) in [4.78, 5) is 18.8. The summed E-state index contributed by atoms with van der Waals surface area (Å²) in [6.45, 7) is 1.17. The monoisotopic (exact) mass is 407 g/mol. The highest BCUT2D eigenvalue weighted by molar-refractivity contribution is 6.30. The van der Waals surface area contributed by atoms with Crippen molar-refractivity contribution >= 4 is 23.3 Å². The van der Waals surface area contributed by atoms with Gasteiger partial charge in [0.05, 0.1) is 11.6 Å². The molecule has 2 heterocycles. The van der Waals surface area contributed by atoms with Gasteiger partial charge in [-0.05, 0) is 43.2 Å². The molecular formula is C21H18ClN5O2. The Bertz CT molecular complexity index is 1070. The standard InChI is InChI=1S/C21H18ClN5O2/c22-17-5-2-4-16(12-17)19-25-20(29-26-19)15-7-9-27(10-8-15)21(28)24-18-6-1-3-14(11-18)13-23/h1-6,11-12,15H,7-10H2,(H,24,28). The number of nitrogens with one attached hydrogen (secondary N) is 1. The van der Waals surface area contributed by atoms with Crippen molar-refractivity contribution in [3.63, 3.8) is 0 Å². The first-order valence-electron chi connectivity index (χ1n) is 9.28. The highest BCUT2D eigenvalue weighted by Gasteiger charge is 2.27. The van der Waals surface area contributed by atoms with Crippen molar-refractivity contribution in [2.24, 2.45) is 0 Å². The molecule has 0 atom stereocenters. The lowest BCUT2D eigenvalue weighted by Crippen LogP contribution is -2.40. The Morgan fingerprint density at radius 2 is 2.00 bits per heavy atom. The highest BCUT2D eigenvalue weighted by Crippen LogP contribution is 2.29. The summed E-state index contributed by atoms with van der Waals surface area (Å²) in [6.07, 6.45) is 1.48. The van der Waals surface area contributed by atoms with Crippen molar-refractivity contribution in [3.05, 3.63) is 65.0 Å². The normalized spacial score (nSPS) is 14.4. The molecule has 1 aliphatic rings. The number of nitriles is 1. The number of halogens is 1. The van der Waals surface area contributed by atoms with Gasteiger partial charge in [-0.25, -0.2) is 4.79 Å². The number of likely N-dealkylation sites (tertiary alicyclic amines) is 1. The number of urea groups is 1. The lowest BCUT2D eigenvalue weighted by Gasteiger charge is -2.30. The number of hydrogen-bond acceptors (Lipinski definition) is 5. The molecule has 0 radical (unpaired) electrons. The zero-order valence-corrected chi connectivity index (χ0v) is 16.3. The van der Waals surface area contributed by atoms with Crippen molar-refractivity contribution in [1.82, 2.24) is 15.0 Å². The molecule has 1 aliphatic heterocycles. The molecule has 1 N–H and O–H groups in total. The SMILES string of the molecule is N#Cc1cccc(NC(=O)N2CCC(c3nc(-c4cccc(Cl)c4)no3)CC2)c1. The van der Waals surface area contributed by atoms with Crippen LogP contribution in [0, 0.1) is 11.3 Å². The van der Waals surface area contributed by atoms with Crippen LogP contribution >= 0.6 is 11.6 Å². The summed E-state index contributed by atoms with van der Waals surface area (Å²) < 4.78 is 5.46. The third-order valence-electron chi connectivity index (χ3n) is 4.90. The van der Waals surface area contributed by atoms with E-state index < -0.39 is 0 Å². The lowest BCUT2D eigenvalue weighted by molar-refractivity contribution is 0.187. The average Bonchev–Trinajstić information content (AvgIpc) is 3.24. The fourth-order valence-electron chi connectivity index (χ4n) is 3.34. The van der Waals surface area contributed by atoms with Crippen LogP contribution in [0.1, 0.15) is 30.2 Å². The number of anilines is 1. The maximum absolute atomic E-state index is 12.5. The minimum atomic E-state index is -0.177. The van der Waals surface area contributed by atoms with Gasteiger partial charge in [-0.15, -0.1) is 0 Å². The van der Waals surface area contributed by atoms with Gasteiger partial charge >= 0.3 is 6.03 Å². The Morgan fingerprint density at radius 1 is 1.21 bits per heavy atom. The molecule has 0 unspecified atom stereocenters. The molecule has 1 fully saturated rings. The van der Waals surface area contributed by atoms with Crippen LogP contribution in [-0.2, 0) is 0 Å². The Hall–Kier alpha value is -3.37. The van der Waals surface area contributed by atoms with E-state index >= 15 is 0 Å². The Kier molecular flexibility index (Phi) is 5.45. The number of carbonyl (C=O) groups excluding carboxylic acids is 1. The summed E-state index contributed by atoms with van der Waals surface area (Å²) in [6, 6.07) is 16.1. The molecule has 2 amide bonds. The van der Waals surface area contributed by atoms with Crippen molar-refractivity contribution in [2.45, 2.75) is 18.8 Å². The van der Waals surface area contributed by atoms with E-state index in [9.17, 15) is 4.79 Å². The molecule has 7 nitrogen and oxygen atoms in total. The number of hydrogen-bond donors (Lipinski definition) is 1. The van der Waals surface area contributed by atoms with Crippen LogP contribution in [-0.4, -0.2) is 34.2 Å². The summed E-state index contributed by atoms with van der Waals surface area (Å²) in [5, 5.41) is 16.5. The molecule has 4 rings (SSSR count). The van der Waals surface area contributed by atoms with Gasteiger partial charge in [-0.1, -0.05) is 35.0 Å². The Balaban J connectivity index is 1.36. The summed E-state index contributed by atoms with van der Waals surface area (Å²) in [7, 11) is 0. The second-order valence-electron chi connectivity index (χ2n) is 6.85. The minimum Gasteiger partial charge on any atom is -0.339 e. The third-order valence-corrected chi connectivity index (χ3v) is 5.13. The molecule has 8 heteroatoms. The molecule has 1 saturated heterocycles. The van der Waals surface area contributed by atoms with Gasteiger partial charge < -0.3 is 14.7 Å². The maximum atomic E-state index is 12.5. The highest BCUT2D eigenvalue weighted by atomic mass is 35.5. The molecule has 3 aromatic rings. The van der Waals surface area contributed by atoms with Gasteiger partial charge in [0, 0.05) is 35.3 Å². The predicted molar refractivity (Wildman–Crippen MR) is 108 cm³/mol. The quantitative estimate of drug-likeness (QED) is 0.680. The van der Waals surface area contributed by atoms with Crippen LogP contribution in [0.5, 0.6) is 0 Å². The number of piperidine rings is 1. The first-order valence-corrected chi connectivity index (χ1v) is 9.66. The first-order chi connectivity index (χ1) is 14.1. The van der Waals surface area contributed by atoms with Crippen LogP contribution in [0.2, 0.25) is 5.02 Å².